The predicted molar refractivity (Wildman–Crippen MR) is 72.6 cm³/mol. The van der Waals surface area contributed by atoms with Gasteiger partial charge in [0.1, 0.15) is 4.88 Å². The molecule has 6 heteroatoms. The number of hydrogen-bond donors (Lipinski definition) is 1. The summed E-state index contributed by atoms with van der Waals surface area (Å²) in [6.45, 7) is 1.91. The third kappa shape index (κ3) is 3.17. The molecule has 0 saturated heterocycles. The molecule has 0 aliphatic heterocycles. The molecule has 0 spiro atoms. The van der Waals surface area contributed by atoms with Crippen LogP contribution in [0, 0.1) is 6.92 Å². The molecule has 5 nitrogen and oxygen atoms in total. The summed E-state index contributed by atoms with van der Waals surface area (Å²) < 4.78 is 4.57. The number of benzene rings is 1. The Hall–Kier alpha value is -2.21. The van der Waals surface area contributed by atoms with E-state index in [9.17, 15) is 9.59 Å². The number of esters is 1. The lowest BCUT2D eigenvalue weighted by Crippen LogP contribution is -2.11. The number of carbonyl (C=O) groups excluding carboxylic acids is 2. The second kappa shape index (κ2) is 5.62. The highest BCUT2D eigenvalue weighted by molar-refractivity contribution is 7.17. The summed E-state index contributed by atoms with van der Waals surface area (Å²) in [6, 6.07) is 7.23. The Morgan fingerprint density at radius 3 is 2.84 bits per heavy atom. The monoisotopic (exact) mass is 276 g/mol. The van der Waals surface area contributed by atoms with E-state index < -0.39 is 5.97 Å². The van der Waals surface area contributed by atoms with Gasteiger partial charge >= 0.3 is 5.97 Å². The van der Waals surface area contributed by atoms with Crippen molar-refractivity contribution in [1.29, 1.82) is 0 Å². The first-order chi connectivity index (χ1) is 9.10. The van der Waals surface area contributed by atoms with E-state index in [0.29, 0.717) is 15.6 Å². The zero-order valence-electron chi connectivity index (χ0n) is 10.5. The van der Waals surface area contributed by atoms with Gasteiger partial charge in [-0.1, -0.05) is 29.0 Å². The summed E-state index contributed by atoms with van der Waals surface area (Å²) in [5.41, 5.74) is 1.55. The van der Waals surface area contributed by atoms with Crippen molar-refractivity contribution in [3.63, 3.8) is 0 Å². The van der Waals surface area contributed by atoms with Crippen molar-refractivity contribution in [2.45, 2.75) is 6.92 Å². The van der Waals surface area contributed by atoms with Crippen molar-refractivity contribution >= 4 is 28.3 Å². The zero-order chi connectivity index (χ0) is 13.8. The Labute approximate surface area is 114 Å². The first kappa shape index (κ1) is 13.2. The molecule has 1 amide bonds. The van der Waals surface area contributed by atoms with Crippen molar-refractivity contribution in [2.24, 2.45) is 0 Å². The van der Waals surface area contributed by atoms with E-state index >= 15 is 0 Å². The number of amides is 1. The Balaban J connectivity index is 2.11. The lowest BCUT2D eigenvalue weighted by Gasteiger charge is -2.02. The Kier molecular flexibility index (Phi) is 3.91. The second-order valence-electron chi connectivity index (χ2n) is 3.84. The molecule has 0 radical (unpaired) electrons. The molecule has 2 rings (SSSR count). The summed E-state index contributed by atoms with van der Waals surface area (Å²) in [4.78, 5) is 27.5. The number of anilines is 1. The molecule has 98 valence electrons. The van der Waals surface area contributed by atoms with Gasteiger partial charge in [0.15, 0.2) is 5.13 Å². The number of ether oxygens (including phenoxy) is 1. The van der Waals surface area contributed by atoms with E-state index in [-0.39, 0.29) is 5.91 Å². The van der Waals surface area contributed by atoms with E-state index in [1.807, 2.05) is 19.1 Å². The van der Waals surface area contributed by atoms with Crippen LogP contribution in [0.5, 0.6) is 0 Å². The summed E-state index contributed by atoms with van der Waals surface area (Å²) in [5.74, 6) is -0.719. The van der Waals surface area contributed by atoms with Crippen molar-refractivity contribution in [3.05, 3.63) is 46.5 Å². The summed E-state index contributed by atoms with van der Waals surface area (Å²) in [6.07, 6.45) is 1.38. The zero-order valence-corrected chi connectivity index (χ0v) is 11.3. The molecular weight excluding hydrogens is 264 g/mol. The lowest BCUT2D eigenvalue weighted by atomic mass is 10.1. The minimum absolute atomic E-state index is 0.255. The summed E-state index contributed by atoms with van der Waals surface area (Å²) in [7, 11) is 1.30. The van der Waals surface area contributed by atoms with Gasteiger partial charge in [-0.25, -0.2) is 9.78 Å². The number of carbonyl (C=O) groups is 2. The van der Waals surface area contributed by atoms with Crippen LogP contribution in [0.3, 0.4) is 0 Å². The van der Waals surface area contributed by atoms with Crippen molar-refractivity contribution in [1.82, 2.24) is 4.98 Å². The topological polar surface area (TPSA) is 68.3 Å². The van der Waals surface area contributed by atoms with Gasteiger partial charge in [0.2, 0.25) is 0 Å². The number of aryl methyl sites for hydroxylation is 1. The molecule has 0 bridgehead atoms. The maximum Gasteiger partial charge on any atom is 0.349 e. The van der Waals surface area contributed by atoms with Crippen LogP contribution in [-0.2, 0) is 4.74 Å². The third-order valence-corrected chi connectivity index (χ3v) is 3.29. The number of nitrogens with one attached hydrogen (secondary N) is 1. The number of nitrogens with zero attached hydrogens (tertiary/aromatic N) is 1. The normalized spacial score (nSPS) is 10.0. The molecule has 1 aromatic carbocycles. The highest BCUT2D eigenvalue weighted by atomic mass is 32.1. The van der Waals surface area contributed by atoms with E-state index in [1.54, 1.807) is 12.1 Å². The number of rotatable bonds is 3. The number of methoxy groups -OCH3 is 1. The van der Waals surface area contributed by atoms with E-state index in [1.165, 1.54) is 13.3 Å². The van der Waals surface area contributed by atoms with E-state index in [0.717, 1.165) is 16.9 Å². The molecule has 0 aliphatic rings. The van der Waals surface area contributed by atoms with Crippen LogP contribution in [0.4, 0.5) is 5.13 Å². The average molecular weight is 276 g/mol. The molecule has 1 heterocycles. The fourth-order valence-corrected chi connectivity index (χ4v) is 2.21. The van der Waals surface area contributed by atoms with Gasteiger partial charge in [-0.3, -0.25) is 10.1 Å². The maximum absolute atomic E-state index is 12.0. The Bertz CT molecular complexity index is 622. The summed E-state index contributed by atoms with van der Waals surface area (Å²) in [5, 5.41) is 3.01. The van der Waals surface area contributed by atoms with Crippen molar-refractivity contribution < 1.29 is 14.3 Å². The SMILES string of the molecule is COC(=O)c1cnc(NC(=O)c2cccc(C)c2)s1. The van der Waals surface area contributed by atoms with Gasteiger partial charge in [-0.2, -0.15) is 0 Å². The number of aromatic nitrogens is 1. The molecule has 0 saturated carbocycles. The minimum Gasteiger partial charge on any atom is -0.465 e. The van der Waals surface area contributed by atoms with Crippen LogP contribution in [0.15, 0.2) is 30.5 Å². The Morgan fingerprint density at radius 2 is 2.16 bits per heavy atom. The third-order valence-electron chi connectivity index (χ3n) is 2.39. The van der Waals surface area contributed by atoms with Crippen molar-refractivity contribution in [3.8, 4) is 0 Å². The fraction of sp³-hybridized carbons (Fsp3) is 0.154. The maximum atomic E-state index is 12.0. The first-order valence-corrected chi connectivity index (χ1v) is 6.34. The molecule has 2 aromatic rings. The quantitative estimate of drug-likeness (QED) is 0.874. The van der Waals surface area contributed by atoms with E-state index in [2.05, 4.69) is 15.0 Å². The average Bonchev–Trinajstić information content (AvgIpc) is 2.86. The summed E-state index contributed by atoms with van der Waals surface area (Å²) >= 11 is 1.08. The first-order valence-electron chi connectivity index (χ1n) is 5.52. The highest BCUT2D eigenvalue weighted by Gasteiger charge is 2.13. The Morgan fingerprint density at radius 1 is 1.37 bits per heavy atom. The molecule has 19 heavy (non-hydrogen) atoms. The minimum atomic E-state index is -0.464. The standard InChI is InChI=1S/C13H12N2O3S/c1-8-4-3-5-9(6-8)11(16)15-13-14-7-10(19-13)12(17)18-2/h3-7H,1-2H3,(H,14,15,16). The molecule has 0 fully saturated rings. The predicted octanol–water partition coefficient (Wildman–Crippen LogP) is 2.49. The van der Waals surface area contributed by atoms with Gasteiger partial charge in [0.05, 0.1) is 13.3 Å². The van der Waals surface area contributed by atoms with Crippen LogP contribution in [0.25, 0.3) is 0 Å². The molecule has 0 aliphatic carbocycles. The molecule has 1 aromatic heterocycles. The van der Waals surface area contributed by atoms with Gasteiger partial charge in [-0.05, 0) is 19.1 Å². The van der Waals surface area contributed by atoms with Gasteiger partial charge in [-0.15, -0.1) is 0 Å². The molecular formula is C13H12N2O3S. The van der Waals surface area contributed by atoms with Crippen LogP contribution in [0.1, 0.15) is 25.6 Å². The lowest BCUT2D eigenvalue weighted by molar-refractivity contribution is 0.0606. The smallest absolute Gasteiger partial charge is 0.349 e. The van der Waals surface area contributed by atoms with Crippen LogP contribution < -0.4 is 5.32 Å². The van der Waals surface area contributed by atoms with Crippen LogP contribution >= 0.6 is 11.3 Å². The van der Waals surface area contributed by atoms with Gasteiger partial charge in [0.25, 0.3) is 5.91 Å². The fourth-order valence-electron chi connectivity index (χ4n) is 1.48. The van der Waals surface area contributed by atoms with E-state index in [4.69, 9.17) is 0 Å². The van der Waals surface area contributed by atoms with Crippen molar-refractivity contribution in [2.75, 3.05) is 12.4 Å². The largest absolute Gasteiger partial charge is 0.465 e. The second-order valence-corrected chi connectivity index (χ2v) is 4.88. The molecule has 1 N–H and O–H groups in total. The molecule has 0 unspecified atom stereocenters. The van der Waals surface area contributed by atoms with Gasteiger partial charge in [0, 0.05) is 5.56 Å². The highest BCUT2D eigenvalue weighted by Crippen LogP contribution is 2.19. The van der Waals surface area contributed by atoms with Crippen LogP contribution in [0.2, 0.25) is 0 Å². The van der Waals surface area contributed by atoms with Gasteiger partial charge < -0.3 is 4.74 Å². The molecule has 0 atom stereocenters. The number of thiazole rings is 1. The van der Waals surface area contributed by atoms with Crippen LogP contribution in [-0.4, -0.2) is 24.0 Å². The number of hydrogen-bond acceptors (Lipinski definition) is 5.